The molecule has 0 spiro atoms. The second kappa shape index (κ2) is 6.84. The van der Waals surface area contributed by atoms with Crippen molar-refractivity contribution in [3.8, 4) is 0 Å². The van der Waals surface area contributed by atoms with Gasteiger partial charge < -0.3 is 19.5 Å². The second-order valence-corrected chi connectivity index (χ2v) is 7.47. The summed E-state index contributed by atoms with van der Waals surface area (Å²) in [4.78, 5) is 13.8. The van der Waals surface area contributed by atoms with E-state index in [-0.39, 0.29) is 6.10 Å². The maximum absolute atomic E-state index is 9.54. The highest BCUT2D eigenvalue weighted by atomic mass is 35.5. The Kier molecular flexibility index (Phi) is 4.56. The Bertz CT molecular complexity index is 783. The molecule has 1 unspecified atom stereocenters. The van der Waals surface area contributed by atoms with Gasteiger partial charge in [-0.2, -0.15) is 0 Å². The first-order valence-electron chi connectivity index (χ1n) is 8.98. The average Bonchev–Trinajstić information content (AvgIpc) is 3.23. The number of nitrogens with zero attached hydrogens (tertiary/aromatic N) is 5. The van der Waals surface area contributed by atoms with Crippen molar-refractivity contribution in [3.63, 3.8) is 0 Å². The van der Waals surface area contributed by atoms with E-state index in [1.807, 2.05) is 19.1 Å². The molecule has 1 saturated carbocycles. The van der Waals surface area contributed by atoms with E-state index in [1.165, 1.54) is 12.8 Å². The molecule has 2 aromatic rings. The van der Waals surface area contributed by atoms with Crippen LogP contribution in [0.5, 0.6) is 0 Å². The molecule has 134 valence electrons. The van der Waals surface area contributed by atoms with Gasteiger partial charge in [0, 0.05) is 25.0 Å². The molecule has 6 nitrogen and oxygen atoms in total. The zero-order chi connectivity index (χ0) is 17.4. The van der Waals surface area contributed by atoms with E-state index in [1.54, 1.807) is 0 Å². The molecular formula is C18H24ClN5O. The van der Waals surface area contributed by atoms with Gasteiger partial charge in [0.1, 0.15) is 11.0 Å². The number of hydrogen-bond donors (Lipinski definition) is 1. The van der Waals surface area contributed by atoms with E-state index in [0.717, 1.165) is 50.0 Å². The lowest BCUT2D eigenvalue weighted by Gasteiger charge is -2.21. The van der Waals surface area contributed by atoms with Crippen LogP contribution in [0.4, 0.5) is 0 Å². The van der Waals surface area contributed by atoms with Crippen molar-refractivity contribution in [1.82, 2.24) is 24.3 Å². The molecule has 4 rings (SSSR count). The van der Waals surface area contributed by atoms with Gasteiger partial charge in [-0.15, -0.1) is 0 Å². The zero-order valence-corrected chi connectivity index (χ0v) is 15.2. The van der Waals surface area contributed by atoms with Crippen molar-refractivity contribution in [2.45, 2.75) is 57.8 Å². The Labute approximate surface area is 152 Å². The predicted octanol–water partition coefficient (Wildman–Crippen LogP) is 2.95. The molecule has 0 amide bonds. The maximum atomic E-state index is 9.54. The standard InChI is InChI=1S/C18H24ClN5O/c1-13(25)3-2-8-24-15-6-7-16(19)20-18(15)21-17(24)11-22-9-10-23(12-22)14-4-5-14/h6-7,9-10,13-14,25H,2-5,8,11-12H2,1H3. The van der Waals surface area contributed by atoms with Gasteiger partial charge in [0.25, 0.3) is 0 Å². The summed E-state index contributed by atoms with van der Waals surface area (Å²) >= 11 is 6.04. The second-order valence-electron chi connectivity index (χ2n) is 7.08. The van der Waals surface area contributed by atoms with Crippen molar-refractivity contribution in [3.05, 3.63) is 35.5 Å². The van der Waals surface area contributed by atoms with Crippen LogP contribution in [-0.4, -0.2) is 48.3 Å². The van der Waals surface area contributed by atoms with Crippen LogP contribution in [0.15, 0.2) is 24.5 Å². The lowest BCUT2D eigenvalue weighted by atomic mass is 10.2. The number of pyridine rings is 1. The van der Waals surface area contributed by atoms with Gasteiger partial charge in [0.15, 0.2) is 5.65 Å². The topological polar surface area (TPSA) is 57.4 Å². The fraction of sp³-hybridized carbons (Fsp3) is 0.556. The highest BCUT2D eigenvalue weighted by molar-refractivity contribution is 6.29. The molecule has 3 heterocycles. The van der Waals surface area contributed by atoms with Crippen LogP contribution in [0, 0.1) is 0 Å². The van der Waals surface area contributed by atoms with Crippen molar-refractivity contribution in [2.75, 3.05) is 6.67 Å². The van der Waals surface area contributed by atoms with Crippen molar-refractivity contribution >= 4 is 22.8 Å². The third-order valence-electron chi connectivity index (χ3n) is 4.84. The summed E-state index contributed by atoms with van der Waals surface area (Å²) < 4.78 is 2.22. The predicted molar refractivity (Wildman–Crippen MR) is 97.9 cm³/mol. The maximum Gasteiger partial charge on any atom is 0.179 e. The molecule has 1 atom stereocenters. The number of fused-ring (bicyclic) bond motifs is 1. The van der Waals surface area contributed by atoms with E-state index < -0.39 is 0 Å². The fourth-order valence-corrected chi connectivity index (χ4v) is 3.50. The summed E-state index contributed by atoms with van der Waals surface area (Å²) in [5, 5.41) is 10.0. The Morgan fingerprint density at radius 3 is 2.88 bits per heavy atom. The van der Waals surface area contributed by atoms with Gasteiger partial charge in [-0.1, -0.05) is 11.6 Å². The highest BCUT2D eigenvalue weighted by Crippen LogP contribution is 2.30. The minimum absolute atomic E-state index is 0.278. The summed E-state index contributed by atoms with van der Waals surface area (Å²) in [5.41, 5.74) is 1.70. The molecule has 1 N–H and O–H groups in total. The molecule has 1 aliphatic carbocycles. The van der Waals surface area contributed by atoms with E-state index >= 15 is 0 Å². The van der Waals surface area contributed by atoms with Crippen LogP contribution >= 0.6 is 11.6 Å². The van der Waals surface area contributed by atoms with Crippen molar-refractivity contribution < 1.29 is 5.11 Å². The summed E-state index contributed by atoms with van der Waals surface area (Å²) in [6.45, 7) is 4.33. The molecule has 25 heavy (non-hydrogen) atoms. The largest absolute Gasteiger partial charge is 0.393 e. The number of aliphatic hydroxyl groups is 1. The Morgan fingerprint density at radius 1 is 1.28 bits per heavy atom. The van der Waals surface area contributed by atoms with Crippen LogP contribution < -0.4 is 0 Å². The van der Waals surface area contributed by atoms with Crippen LogP contribution in [0.25, 0.3) is 11.2 Å². The van der Waals surface area contributed by atoms with Gasteiger partial charge in [-0.25, -0.2) is 9.97 Å². The smallest absolute Gasteiger partial charge is 0.179 e. The van der Waals surface area contributed by atoms with E-state index in [9.17, 15) is 5.11 Å². The molecule has 0 bridgehead atoms. The number of aromatic nitrogens is 3. The SMILES string of the molecule is CC(O)CCCn1c(CN2C=CN(C3CC3)C2)nc2nc(Cl)ccc21. The van der Waals surface area contributed by atoms with Gasteiger partial charge >= 0.3 is 0 Å². The number of imidazole rings is 1. The van der Waals surface area contributed by atoms with Crippen LogP contribution in [0.2, 0.25) is 5.15 Å². The minimum Gasteiger partial charge on any atom is -0.393 e. The van der Waals surface area contributed by atoms with Crippen LogP contribution in [0.1, 0.15) is 38.4 Å². The van der Waals surface area contributed by atoms with Crippen molar-refractivity contribution in [2.24, 2.45) is 0 Å². The molecule has 7 heteroatoms. The van der Waals surface area contributed by atoms with Crippen molar-refractivity contribution in [1.29, 1.82) is 0 Å². The zero-order valence-electron chi connectivity index (χ0n) is 14.5. The molecule has 2 aromatic heterocycles. The molecular weight excluding hydrogens is 338 g/mol. The number of halogens is 1. The molecule has 0 radical (unpaired) electrons. The third-order valence-corrected chi connectivity index (χ3v) is 5.05. The molecule has 2 aliphatic rings. The molecule has 1 fully saturated rings. The lowest BCUT2D eigenvalue weighted by molar-refractivity contribution is 0.179. The first-order chi connectivity index (χ1) is 12.1. The quantitative estimate of drug-likeness (QED) is 0.768. The van der Waals surface area contributed by atoms with Crippen LogP contribution in [-0.2, 0) is 13.1 Å². The summed E-state index contributed by atoms with van der Waals surface area (Å²) in [6, 6.07) is 4.52. The van der Waals surface area contributed by atoms with Gasteiger partial charge in [-0.3, -0.25) is 0 Å². The van der Waals surface area contributed by atoms with Gasteiger partial charge in [0.2, 0.25) is 0 Å². The van der Waals surface area contributed by atoms with Gasteiger partial charge in [-0.05, 0) is 44.7 Å². The first kappa shape index (κ1) is 16.7. The Morgan fingerprint density at radius 2 is 2.12 bits per heavy atom. The number of rotatable bonds is 7. The fourth-order valence-electron chi connectivity index (χ4n) is 3.36. The molecule has 0 saturated heterocycles. The number of hydrogen-bond acceptors (Lipinski definition) is 5. The lowest BCUT2D eigenvalue weighted by Crippen LogP contribution is -2.27. The van der Waals surface area contributed by atoms with E-state index in [2.05, 4.69) is 31.8 Å². The van der Waals surface area contributed by atoms with E-state index in [4.69, 9.17) is 16.6 Å². The van der Waals surface area contributed by atoms with Gasteiger partial charge in [0.05, 0.1) is 24.8 Å². The highest BCUT2D eigenvalue weighted by Gasteiger charge is 2.30. The third kappa shape index (κ3) is 3.75. The number of aliphatic hydroxyl groups excluding tert-OH is 1. The molecule has 1 aliphatic heterocycles. The monoisotopic (exact) mass is 361 g/mol. The summed E-state index contributed by atoms with van der Waals surface area (Å²) in [6.07, 6.45) is 8.35. The minimum atomic E-state index is -0.278. The van der Waals surface area contributed by atoms with E-state index in [0.29, 0.717) is 10.8 Å². The Balaban J connectivity index is 1.54. The van der Waals surface area contributed by atoms with Crippen LogP contribution in [0.3, 0.4) is 0 Å². The normalized spacial score (nSPS) is 18.5. The summed E-state index contributed by atoms with van der Waals surface area (Å²) in [7, 11) is 0. The molecule has 0 aromatic carbocycles. The first-order valence-corrected chi connectivity index (χ1v) is 9.36. The Hall–Kier alpha value is -1.79. The summed E-state index contributed by atoms with van der Waals surface area (Å²) in [5.74, 6) is 0.998. The average molecular weight is 362 g/mol. The number of aryl methyl sites for hydroxylation is 1.